The van der Waals surface area contributed by atoms with Gasteiger partial charge in [-0.05, 0) is 35.9 Å². The highest BCUT2D eigenvalue weighted by molar-refractivity contribution is 5.81. The lowest BCUT2D eigenvalue weighted by atomic mass is 10.2. The number of halogens is 1. The van der Waals surface area contributed by atoms with Crippen LogP contribution >= 0.6 is 0 Å². The zero-order valence-corrected chi connectivity index (χ0v) is 12.7. The molecule has 6 nitrogen and oxygen atoms in total. The van der Waals surface area contributed by atoms with Gasteiger partial charge in [0, 0.05) is 25.9 Å². The number of carbonyl (C=O) groups excluding carboxylic acids is 1. The SMILES string of the molecule is COCC(N)C(=O)NCc1ccnc(Oc2ccc(F)cc2)c1. The third kappa shape index (κ3) is 5.32. The number of ether oxygens (including phenoxy) is 2. The van der Waals surface area contributed by atoms with Gasteiger partial charge in [-0.2, -0.15) is 0 Å². The van der Waals surface area contributed by atoms with Gasteiger partial charge in [-0.25, -0.2) is 9.37 Å². The molecule has 1 atom stereocenters. The van der Waals surface area contributed by atoms with Crippen LogP contribution in [0.15, 0.2) is 42.6 Å². The fourth-order valence-corrected chi connectivity index (χ4v) is 1.82. The van der Waals surface area contributed by atoms with E-state index in [0.29, 0.717) is 18.2 Å². The number of nitrogens with zero attached hydrogens (tertiary/aromatic N) is 1. The Morgan fingerprint density at radius 2 is 2.09 bits per heavy atom. The minimum absolute atomic E-state index is 0.154. The molecule has 0 aliphatic rings. The van der Waals surface area contributed by atoms with Crippen molar-refractivity contribution < 1.29 is 18.7 Å². The van der Waals surface area contributed by atoms with Gasteiger partial charge < -0.3 is 20.5 Å². The maximum absolute atomic E-state index is 12.9. The quantitative estimate of drug-likeness (QED) is 0.809. The average Bonchev–Trinajstić information content (AvgIpc) is 2.55. The van der Waals surface area contributed by atoms with Gasteiger partial charge in [0.15, 0.2) is 0 Å². The smallest absolute Gasteiger partial charge is 0.239 e. The summed E-state index contributed by atoms with van der Waals surface area (Å²) >= 11 is 0. The highest BCUT2D eigenvalue weighted by atomic mass is 19.1. The number of carbonyl (C=O) groups is 1. The second-order valence-electron chi connectivity index (χ2n) is 4.84. The molecular formula is C16H18FN3O3. The lowest BCUT2D eigenvalue weighted by Crippen LogP contribution is -2.43. The van der Waals surface area contributed by atoms with Gasteiger partial charge >= 0.3 is 0 Å². The van der Waals surface area contributed by atoms with E-state index in [1.165, 1.54) is 31.4 Å². The lowest BCUT2D eigenvalue weighted by Gasteiger charge is -2.11. The van der Waals surface area contributed by atoms with Crippen LogP contribution in [-0.2, 0) is 16.1 Å². The summed E-state index contributed by atoms with van der Waals surface area (Å²) in [4.78, 5) is 15.8. The monoisotopic (exact) mass is 319 g/mol. The molecule has 122 valence electrons. The summed E-state index contributed by atoms with van der Waals surface area (Å²) in [5.74, 6) is 0.186. The Labute approximate surface area is 133 Å². The summed E-state index contributed by atoms with van der Waals surface area (Å²) in [5.41, 5.74) is 6.43. The first-order chi connectivity index (χ1) is 11.1. The molecule has 0 radical (unpaired) electrons. The van der Waals surface area contributed by atoms with Crippen LogP contribution < -0.4 is 15.8 Å². The van der Waals surface area contributed by atoms with E-state index >= 15 is 0 Å². The molecule has 1 amide bonds. The van der Waals surface area contributed by atoms with Crippen molar-refractivity contribution in [1.29, 1.82) is 0 Å². The highest BCUT2D eigenvalue weighted by Gasteiger charge is 2.12. The van der Waals surface area contributed by atoms with Crippen molar-refractivity contribution in [3.05, 3.63) is 54.0 Å². The molecule has 2 rings (SSSR count). The van der Waals surface area contributed by atoms with E-state index in [0.717, 1.165) is 5.56 Å². The molecule has 1 heterocycles. The predicted molar refractivity (Wildman–Crippen MR) is 82.4 cm³/mol. The maximum Gasteiger partial charge on any atom is 0.239 e. The van der Waals surface area contributed by atoms with E-state index in [1.54, 1.807) is 18.3 Å². The number of amides is 1. The van der Waals surface area contributed by atoms with Gasteiger partial charge in [-0.1, -0.05) is 0 Å². The van der Waals surface area contributed by atoms with Gasteiger partial charge in [0.1, 0.15) is 17.6 Å². The van der Waals surface area contributed by atoms with Crippen molar-refractivity contribution in [3.8, 4) is 11.6 Å². The third-order valence-electron chi connectivity index (χ3n) is 2.99. The van der Waals surface area contributed by atoms with Gasteiger partial charge in [0.05, 0.1) is 6.61 Å². The zero-order valence-electron chi connectivity index (χ0n) is 12.7. The van der Waals surface area contributed by atoms with Gasteiger partial charge in [-0.3, -0.25) is 4.79 Å². The number of benzene rings is 1. The number of hydrogen-bond acceptors (Lipinski definition) is 5. The number of methoxy groups -OCH3 is 1. The van der Waals surface area contributed by atoms with E-state index < -0.39 is 6.04 Å². The molecule has 1 aromatic heterocycles. The Bertz CT molecular complexity index is 649. The number of pyridine rings is 1. The standard InChI is InChI=1S/C16H18FN3O3/c1-22-10-14(18)16(21)20-9-11-6-7-19-15(8-11)23-13-4-2-12(17)3-5-13/h2-8,14H,9-10,18H2,1H3,(H,20,21). The first-order valence-electron chi connectivity index (χ1n) is 6.99. The molecule has 1 unspecified atom stereocenters. The van der Waals surface area contributed by atoms with Crippen LogP contribution in [0.5, 0.6) is 11.6 Å². The summed E-state index contributed by atoms with van der Waals surface area (Å²) in [5, 5.41) is 2.71. The topological polar surface area (TPSA) is 86.5 Å². The maximum atomic E-state index is 12.9. The van der Waals surface area contributed by atoms with Crippen molar-refractivity contribution in [1.82, 2.24) is 10.3 Å². The van der Waals surface area contributed by atoms with Crippen molar-refractivity contribution in [2.45, 2.75) is 12.6 Å². The Hall–Kier alpha value is -2.51. The molecular weight excluding hydrogens is 301 g/mol. The molecule has 2 aromatic rings. The first kappa shape index (κ1) is 16.9. The number of aromatic nitrogens is 1. The summed E-state index contributed by atoms with van der Waals surface area (Å²) in [6, 6.07) is 8.35. The van der Waals surface area contributed by atoms with Crippen LogP contribution in [0.4, 0.5) is 4.39 Å². The normalized spacial score (nSPS) is 11.8. The van der Waals surface area contributed by atoms with Crippen LogP contribution in [0.3, 0.4) is 0 Å². The number of nitrogens with one attached hydrogen (secondary N) is 1. The number of rotatable bonds is 7. The van der Waals surface area contributed by atoms with Crippen molar-refractivity contribution >= 4 is 5.91 Å². The summed E-state index contributed by atoms with van der Waals surface area (Å²) in [7, 11) is 1.48. The zero-order chi connectivity index (χ0) is 16.7. The van der Waals surface area contributed by atoms with Gasteiger partial charge in [0.25, 0.3) is 0 Å². The van der Waals surface area contributed by atoms with E-state index in [-0.39, 0.29) is 18.3 Å². The van der Waals surface area contributed by atoms with Gasteiger partial charge in [0.2, 0.25) is 11.8 Å². The summed E-state index contributed by atoms with van der Waals surface area (Å²) < 4.78 is 23.2. The number of nitrogens with two attached hydrogens (primary N) is 1. The van der Waals surface area contributed by atoms with Crippen LogP contribution in [0.2, 0.25) is 0 Å². The fraction of sp³-hybridized carbons (Fsp3) is 0.250. The molecule has 23 heavy (non-hydrogen) atoms. The molecule has 0 spiro atoms. The summed E-state index contributed by atoms with van der Waals surface area (Å²) in [6.45, 7) is 0.444. The minimum Gasteiger partial charge on any atom is -0.439 e. The number of hydrogen-bond donors (Lipinski definition) is 2. The Morgan fingerprint density at radius 3 is 2.78 bits per heavy atom. The minimum atomic E-state index is -0.711. The average molecular weight is 319 g/mol. The third-order valence-corrected chi connectivity index (χ3v) is 2.99. The Kier molecular flexibility index (Phi) is 6.02. The summed E-state index contributed by atoms with van der Waals surface area (Å²) in [6.07, 6.45) is 1.56. The van der Waals surface area contributed by atoms with Crippen LogP contribution in [0, 0.1) is 5.82 Å². The molecule has 0 saturated carbocycles. The predicted octanol–water partition coefficient (Wildman–Crippen LogP) is 1.60. The second kappa shape index (κ2) is 8.21. The molecule has 0 bridgehead atoms. The highest BCUT2D eigenvalue weighted by Crippen LogP contribution is 2.20. The second-order valence-corrected chi connectivity index (χ2v) is 4.84. The fourth-order valence-electron chi connectivity index (χ4n) is 1.82. The molecule has 7 heteroatoms. The molecule has 1 aromatic carbocycles. The van der Waals surface area contributed by atoms with Crippen LogP contribution in [0.1, 0.15) is 5.56 Å². The van der Waals surface area contributed by atoms with E-state index in [2.05, 4.69) is 10.3 Å². The van der Waals surface area contributed by atoms with Crippen molar-refractivity contribution in [3.63, 3.8) is 0 Å². The van der Waals surface area contributed by atoms with E-state index in [4.69, 9.17) is 15.2 Å². The molecule has 3 N–H and O–H groups in total. The Balaban J connectivity index is 1.94. The lowest BCUT2D eigenvalue weighted by molar-refractivity contribution is -0.123. The first-order valence-corrected chi connectivity index (χ1v) is 6.99. The van der Waals surface area contributed by atoms with E-state index in [1.807, 2.05) is 0 Å². The van der Waals surface area contributed by atoms with Crippen molar-refractivity contribution in [2.75, 3.05) is 13.7 Å². The van der Waals surface area contributed by atoms with Crippen molar-refractivity contribution in [2.24, 2.45) is 5.73 Å². The van der Waals surface area contributed by atoms with E-state index in [9.17, 15) is 9.18 Å². The Morgan fingerprint density at radius 1 is 1.35 bits per heavy atom. The molecule has 0 saturated heterocycles. The van der Waals surface area contributed by atoms with Gasteiger partial charge in [-0.15, -0.1) is 0 Å². The molecule has 0 aliphatic carbocycles. The molecule has 0 aliphatic heterocycles. The van der Waals surface area contributed by atoms with Crippen LogP contribution in [0.25, 0.3) is 0 Å². The molecule has 0 fully saturated rings. The largest absolute Gasteiger partial charge is 0.439 e. The van der Waals surface area contributed by atoms with Crippen LogP contribution in [-0.4, -0.2) is 30.6 Å².